The second kappa shape index (κ2) is 3.95. The van der Waals surface area contributed by atoms with Crippen LogP contribution in [0.1, 0.15) is 25.7 Å². The molecule has 0 unspecified atom stereocenters. The Morgan fingerprint density at radius 3 is 2.46 bits per heavy atom. The Balaban J connectivity index is 2.31. The first-order chi connectivity index (χ1) is 6.01. The molecule has 0 aliphatic heterocycles. The van der Waals surface area contributed by atoms with Gasteiger partial charge in [-0.3, -0.25) is 4.99 Å². The summed E-state index contributed by atoms with van der Waals surface area (Å²) >= 11 is 0. The highest BCUT2D eigenvalue weighted by atomic mass is 19.4. The van der Waals surface area contributed by atoms with Crippen LogP contribution in [0.2, 0.25) is 0 Å². The molecule has 1 rings (SSSR count). The minimum Gasteiger partial charge on any atom is -0.312 e. The lowest BCUT2D eigenvalue weighted by molar-refractivity contribution is -0.132. The first-order valence-corrected chi connectivity index (χ1v) is 4.11. The number of nitrogens with two attached hydrogens (primary N) is 1. The van der Waals surface area contributed by atoms with E-state index in [2.05, 4.69) is 10.4 Å². The summed E-state index contributed by atoms with van der Waals surface area (Å²) in [4.78, 5) is 3.99. The predicted molar refractivity (Wildman–Crippen MR) is 43.1 cm³/mol. The fourth-order valence-corrected chi connectivity index (χ4v) is 0.858. The summed E-state index contributed by atoms with van der Waals surface area (Å²) in [6.45, 7) is 0. The summed E-state index contributed by atoms with van der Waals surface area (Å²) in [6, 6.07) is 0.194. The lowest BCUT2D eigenvalue weighted by Gasteiger charge is -2.07. The second-order valence-corrected chi connectivity index (χ2v) is 3.07. The number of alkyl halides is 3. The molecule has 1 saturated carbocycles. The van der Waals surface area contributed by atoms with Gasteiger partial charge in [-0.25, -0.2) is 5.84 Å². The molecule has 0 heterocycles. The fraction of sp³-hybridized carbons (Fsp3) is 0.857. The van der Waals surface area contributed by atoms with Gasteiger partial charge in [0.25, 0.3) is 0 Å². The van der Waals surface area contributed by atoms with E-state index in [-0.39, 0.29) is 18.3 Å². The van der Waals surface area contributed by atoms with Crippen molar-refractivity contribution in [3.63, 3.8) is 0 Å². The van der Waals surface area contributed by atoms with Crippen LogP contribution in [0.15, 0.2) is 4.99 Å². The molecule has 0 radical (unpaired) electrons. The molecule has 1 aliphatic rings. The van der Waals surface area contributed by atoms with Crippen LogP contribution >= 0.6 is 0 Å². The van der Waals surface area contributed by atoms with Crippen LogP contribution in [-0.2, 0) is 0 Å². The van der Waals surface area contributed by atoms with Crippen LogP contribution < -0.4 is 11.3 Å². The highest BCUT2D eigenvalue weighted by Gasteiger charge is 2.28. The zero-order valence-electron chi connectivity index (χ0n) is 7.06. The van der Waals surface area contributed by atoms with Gasteiger partial charge in [-0.05, 0) is 12.8 Å². The molecular weight excluding hydrogens is 183 g/mol. The molecule has 76 valence electrons. The minimum atomic E-state index is -4.14. The van der Waals surface area contributed by atoms with Crippen molar-refractivity contribution in [2.24, 2.45) is 10.8 Å². The standard InChI is InChI=1S/C7H12F3N3/c8-7(9,10)4-3-6(13-11)12-5-1-2-5/h5H,1-4,11H2,(H,12,13). The third-order valence-electron chi connectivity index (χ3n) is 1.70. The molecule has 1 fully saturated rings. The molecule has 3 nitrogen and oxygen atoms in total. The number of rotatable bonds is 3. The van der Waals surface area contributed by atoms with E-state index >= 15 is 0 Å². The van der Waals surface area contributed by atoms with E-state index in [0.717, 1.165) is 12.8 Å². The van der Waals surface area contributed by atoms with Gasteiger partial charge in [0.15, 0.2) is 0 Å². The van der Waals surface area contributed by atoms with Crippen LogP contribution in [0, 0.1) is 0 Å². The largest absolute Gasteiger partial charge is 0.389 e. The van der Waals surface area contributed by atoms with Gasteiger partial charge >= 0.3 is 6.18 Å². The van der Waals surface area contributed by atoms with E-state index < -0.39 is 12.6 Å². The van der Waals surface area contributed by atoms with Gasteiger partial charge in [0, 0.05) is 6.42 Å². The van der Waals surface area contributed by atoms with Crippen molar-refractivity contribution in [3.8, 4) is 0 Å². The van der Waals surface area contributed by atoms with Crippen LogP contribution in [-0.4, -0.2) is 18.1 Å². The summed E-state index contributed by atoms with van der Waals surface area (Å²) in [5, 5.41) is 0. The molecule has 0 aromatic carbocycles. The average molecular weight is 195 g/mol. The third kappa shape index (κ3) is 4.72. The number of halogens is 3. The normalized spacial score (nSPS) is 18.9. The predicted octanol–water partition coefficient (Wildman–Crippen LogP) is 1.35. The minimum absolute atomic E-state index is 0.156. The highest BCUT2D eigenvalue weighted by Crippen LogP contribution is 2.25. The Kier molecular flexibility index (Phi) is 3.13. The molecule has 13 heavy (non-hydrogen) atoms. The molecule has 0 aromatic rings. The molecule has 6 heteroatoms. The van der Waals surface area contributed by atoms with Gasteiger partial charge in [0.05, 0.1) is 12.5 Å². The van der Waals surface area contributed by atoms with Crippen molar-refractivity contribution in [2.75, 3.05) is 0 Å². The number of hydrogen-bond donors (Lipinski definition) is 2. The fourth-order valence-electron chi connectivity index (χ4n) is 0.858. The van der Waals surface area contributed by atoms with Crippen LogP contribution in [0.3, 0.4) is 0 Å². The van der Waals surface area contributed by atoms with Crippen molar-refractivity contribution in [3.05, 3.63) is 0 Å². The van der Waals surface area contributed by atoms with Crippen LogP contribution in [0.4, 0.5) is 13.2 Å². The number of nitrogens with one attached hydrogen (secondary N) is 1. The molecule has 0 atom stereocenters. The van der Waals surface area contributed by atoms with Crippen molar-refractivity contribution in [1.29, 1.82) is 0 Å². The molecule has 0 amide bonds. The van der Waals surface area contributed by atoms with Crippen LogP contribution in [0.5, 0.6) is 0 Å². The lowest BCUT2D eigenvalue weighted by Crippen LogP contribution is -2.31. The Bertz CT molecular complexity index is 196. The Morgan fingerprint density at radius 1 is 1.46 bits per heavy atom. The van der Waals surface area contributed by atoms with Crippen LogP contribution in [0.25, 0.3) is 0 Å². The van der Waals surface area contributed by atoms with Crippen molar-refractivity contribution < 1.29 is 13.2 Å². The quantitative estimate of drug-likeness (QED) is 0.309. The van der Waals surface area contributed by atoms with E-state index in [1.54, 1.807) is 0 Å². The number of amidine groups is 1. The molecule has 3 N–H and O–H groups in total. The molecule has 0 spiro atoms. The third-order valence-corrected chi connectivity index (χ3v) is 1.70. The number of aliphatic imine (C=N–C) groups is 1. The number of nitrogens with zero attached hydrogens (tertiary/aromatic N) is 1. The summed E-state index contributed by atoms with van der Waals surface area (Å²) < 4.78 is 35.3. The van der Waals surface area contributed by atoms with Gasteiger partial charge in [-0.2, -0.15) is 13.2 Å². The zero-order chi connectivity index (χ0) is 9.90. The maximum Gasteiger partial charge on any atom is 0.389 e. The Labute approximate surface area is 74.2 Å². The summed E-state index contributed by atoms with van der Waals surface area (Å²) in [6.07, 6.45) is -3.26. The first-order valence-electron chi connectivity index (χ1n) is 4.11. The average Bonchev–Trinajstić information content (AvgIpc) is 2.79. The van der Waals surface area contributed by atoms with E-state index in [0.29, 0.717) is 0 Å². The maximum atomic E-state index is 11.8. The van der Waals surface area contributed by atoms with E-state index in [9.17, 15) is 13.2 Å². The topological polar surface area (TPSA) is 50.4 Å². The van der Waals surface area contributed by atoms with Crippen molar-refractivity contribution >= 4 is 5.84 Å². The van der Waals surface area contributed by atoms with E-state index in [1.165, 1.54) is 0 Å². The van der Waals surface area contributed by atoms with Crippen molar-refractivity contribution in [1.82, 2.24) is 5.43 Å². The second-order valence-electron chi connectivity index (χ2n) is 3.07. The maximum absolute atomic E-state index is 11.8. The van der Waals surface area contributed by atoms with E-state index in [1.807, 2.05) is 0 Å². The Hall–Kier alpha value is -0.780. The summed E-state index contributed by atoms with van der Waals surface area (Å²) in [5.41, 5.74) is 2.20. The number of hydrazine groups is 1. The molecule has 1 aliphatic carbocycles. The molecule has 0 aromatic heterocycles. The van der Waals surface area contributed by atoms with Gasteiger partial charge < -0.3 is 5.43 Å². The molecule has 0 bridgehead atoms. The summed E-state index contributed by atoms with van der Waals surface area (Å²) in [5.74, 6) is 5.28. The van der Waals surface area contributed by atoms with Gasteiger partial charge in [0.1, 0.15) is 5.84 Å². The zero-order valence-corrected chi connectivity index (χ0v) is 7.06. The molecule has 0 saturated heterocycles. The first kappa shape index (κ1) is 10.3. The van der Waals surface area contributed by atoms with Gasteiger partial charge in [-0.1, -0.05) is 0 Å². The summed E-state index contributed by atoms with van der Waals surface area (Å²) in [7, 11) is 0. The smallest absolute Gasteiger partial charge is 0.312 e. The monoisotopic (exact) mass is 195 g/mol. The van der Waals surface area contributed by atoms with Gasteiger partial charge in [-0.15, -0.1) is 0 Å². The number of hydrogen-bond acceptors (Lipinski definition) is 2. The van der Waals surface area contributed by atoms with Crippen molar-refractivity contribution in [2.45, 2.75) is 37.9 Å². The van der Waals surface area contributed by atoms with E-state index in [4.69, 9.17) is 5.84 Å². The van der Waals surface area contributed by atoms with Gasteiger partial charge in [0.2, 0.25) is 0 Å². The SMILES string of the molecule is NNC(CCC(F)(F)F)=NC1CC1. The highest BCUT2D eigenvalue weighted by molar-refractivity contribution is 5.81. The lowest BCUT2D eigenvalue weighted by atomic mass is 10.3. The Morgan fingerprint density at radius 2 is 2.08 bits per heavy atom. The molecular formula is C7H12F3N3.